The Bertz CT molecular complexity index is 602. The van der Waals surface area contributed by atoms with Crippen LogP contribution in [0.15, 0.2) is 17.8 Å². The van der Waals surface area contributed by atoms with Gasteiger partial charge in [0.05, 0.1) is 18.7 Å². The standard InChI is InChI=1S/C15H22N4O2S.ClH/c1-21-11-15(2-4-16-5-3-15)10-17-13(20)8-12-9-19-6-7-22-14(19)18-12;/h6-7,9,16H,2-5,8,10-11H2,1H3,(H,17,20);1H. The summed E-state index contributed by atoms with van der Waals surface area (Å²) in [5, 5.41) is 8.41. The number of methoxy groups -OCH3 is 1. The van der Waals surface area contributed by atoms with E-state index >= 15 is 0 Å². The van der Waals surface area contributed by atoms with Crippen molar-refractivity contribution in [2.24, 2.45) is 5.41 Å². The number of nitrogens with one attached hydrogen (secondary N) is 2. The molecule has 0 saturated carbocycles. The predicted octanol–water partition coefficient (Wildman–Crippen LogP) is 1.49. The molecule has 1 aliphatic rings. The van der Waals surface area contributed by atoms with Crippen molar-refractivity contribution in [1.82, 2.24) is 20.0 Å². The van der Waals surface area contributed by atoms with Gasteiger partial charge in [0, 0.05) is 36.8 Å². The first-order valence-electron chi connectivity index (χ1n) is 7.58. The third kappa shape index (κ3) is 4.44. The van der Waals surface area contributed by atoms with Gasteiger partial charge in [-0.25, -0.2) is 4.98 Å². The third-order valence-electron chi connectivity index (χ3n) is 4.26. The summed E-state index contributed by atoms with van der Waals surface area (Å²) in [6, 6.07) is 0. The number of halogens is 1. The molecule has 1 amide bonds. The summed E-state index contributed by atoms with van der Waals surface area (Å²) in [6.45, 7) is 3.33. The SMILES string of the molecule is COCC1(CNC(=O)Cc2cn3ccsc3n2)CCNCC1.Cl. The number of nitrogens with zero attached hydrogens (tertiary/aromatic N) is 2. The van der Waals surface area contributed by atoms with Crippen LogP contribution in [0, 0.1) is 5.41 Å². The number of thiazole rings is 1. The predicted molar refractivity (Wildman–Crippen MR) is 93.4 cm³/mol. The zero-order valence-corrected chi connectivity index (χ0v) is 14.8. The molecule has 3 rings (SSSR count). The lowest BCUT2D eigenvalue weighted by atomic mass is 9.79. The van der Waals surface area contributed by atoms with Gasteiger partial charge >= 0.3 is 0 Å². The highest BCUT2D eigenvalue weighted by Crippen LogP contribution is 2.28. The van der Waals surface area contributed by atoms with Crippen molar-refractivity contribution < 1.29 is 9.53 Å². The minimum absolute atomic E-state index is 0. The molecule has 0 bridgehead atoms. The number of piperidine rings is 1. The van der Waals surface area contributed by atoms with Crippen molar-refractivity contribution in [3.8, 4) is 0 Å². The average molecular weight is 359 g/mol. The number of fused-ring (bicyclic) bond motifs is 1. The summed E-state index contributed by atoms with van der Waals surface area (Å²) >= 11 is 1.57. The van der Waals surface area contributed by atoms with Crippen molar-refractivity contribution in [3.63, 3.8) is 0 Å². The summed E-state index contributed by atoms with van der Waals surface area (Å²) < 4.78 is 7.32. The minimum Gasteiger partial charge on any atom is -0.384 e. The Morgan fingerprint density at radius 1 is 1.52 bits per heavy atom. The molecule has 6 nitrogen and oxygen atoms in total. The Morgan fingerprint density at radius 2 is 2.30 bits per heavy atom. The van der Waals surface area contributed by atoms with E-state index < -0.39 is 0 Å². The number of imidazole rings is 1. The molecule has 0 spiro atoms. The van der Waals surface area contributed by atoms with Crippen LogP contribution in [-0.2, 0) is 16.0 Å². The van der Waals surface area contributed by atoms with E-state index in [1.165, 1.54) is 0 Å². The molecule has 0 aromatic carbocycles. The van der Waals surface area contributed by atoms with Crippen molar-refractivity contribution in [1.29, 1.82) is 0 Å². The maximum absolute atomic E-state index is 12.2. The van der Waals surface area contributed by atoms with Crippen LogP contribution in [-0.4, -0.2) is 48.6 Å². The van der Waals surface area contributed by atoms with E-state index in [4.69, 9.17) is 4.74 Å². The van der Waals surface area contributed by atoms with E-state index in [1.54, 1.807) is 18.4 Å². The Balaban J connectivity index is 0.00000192. The van der Waals surface area contributed by atoms with Crippen molar-refractivity contribution in [3.05, 3.63) is 23.5 Å². The van der Waals surface area contributed by atoms with Crippen molar-refractivity contribution in [2.45, 2.75) is 19.3 Å². The van der Waals surface area contributed by atoms with Gasteiger partial charge in [0.15, 0.2) is 4.96 Å². The Labute approximate surface area is 146 Å². The lowest BCUT2D eigenvalue weighted by molar-refractivity contribution is -0.121. The Kier molecular flexibility index (Phi) is 6.41. The number of amides is 1. The molecule has 2 aromatic heterocycles. The molecule has 1 aliphatic heterocycles. The van der Waals surface area contributed by atoms with E-state index in [1.807, 2.05) is 22.2 Å². The zero-order valence-electron chi connectivity index (χ0n) is 13.2. The first-order chi connectivity index (χ1) is 10.7. The van der Waals surface area contributed by atoms with Crippen molar-refractivity contribution >= 4 is 34.6 Å². The number of carbonyl (C=O) groups is 1. The fourth-order valence-electron chi connectivity index (χ4n) is 3.01. The third-order valence-corrected chi connectivity index (χ3v) is 5.03. The van der Waals surface area contributed by atoms with Crippen LogP contribution < -0.4 is 10.6 Å². The molecule has 0 radical (unpaired) electrons. The molecule has 2 aromatic rings. The number of carbonyl (C=O) groups excluding carboxylic acids is 1. The van der Waals surface area contributed by atoms with Gasteiger partial charge in [0.25, 0.3) is 0 Å². The molecule has 0 aliphatic carbocycles. The second-order valence-corrected chi connectivity index (χ2v) is 6.83. The first kappa shape index (κ1) is 18.2. The summed E-state index contributed by atoms with van der Waals surface area (Å²) in [6.07, 6.45) is 6.26. The molecule has 23 heavy (non-hydrogen) atoms. The highest BCUT2D eigenvalue weighted by atomic mass is 35.5. The fourth-order valence-corrected chi connectivity index (χ4v) is 3.73. The maximum atomic E-state index is 12.2. The van der Waals surface area contributed by atoms with Crippen LogP contribution in [0.3, 0.4) is 0 Å². The second kappa shape index (κ2) is 8.10. The smallest absolute Gasteiger partial charge is 0.226 e. The van der Waals surface area contributed by atoms with Gasteiger partial charge in [-0.2, -0.15) is 0 Å². The van der Waals surface area contributed by atoms with Gasteiger partial charge in [-0.3, -0.25) is 9.20 Å². The summed E-state index contributed by atoms with van der Waals surface area (Å²) in [5.41, 5.74) is 0.875. The molecular formula is C15H23ClN4O2S. The van der Waals surface area contributed by atoms with Gasteiger partial charge in [-0.1, -0.05) is 0 Å². The number of ether oxygens (including phenoxy) is 1. The molecule has 0 unspecified atom stereocenters. The summed E-state index contributed by atoms with van der Waals surface area (Å²) in [4.78, 5) is 17.6. The van der Waals surface area contributed by atoms with E-state index in [9.17, 15) is 4.79 Å². The fraction of sp³-hybridized carbons (Fsp3) is 0.600. The lowest BCUT2D eigenvalue weighted by Gasteiger charge is -2.37. The topological polar surface area (TPSA) is 67.7 Å². The molecule has 1 fully saturated rings. The maximum Gasteiger partial charge on any atom is 0.226 e. The minimum atomic E-state index is 0. The van der Waals surface area contributed by atoms with Crippen LogP contribution in [0.5, 0.6) is 0 Å². The Hall–Kier alpha value is -1.15. The summed E-state index contributed by atoms with van der Waals surface area (Å²) in [5.74, 6) is 0.0276. The van der Waals surface area contributed by atoms with Crippen LogP contribution in [0.2, 0.25) is 0 Å². The van der Waals surface area contributed by atoms with Crippen LogP contribution in [0.1, 0.15) is 18.5 Å². The molecule has 3 heterocycles. The first-order valence-corrected chi connectivity index (χ1v) is 8.46. The molecule has 0 atom stereocenters. The molecule has 8 heteroatoms. The van der Waals surface area contributed by atoms with Gasteiger partial charge in [0.1, 0.15) is 0 Å². The van der Waals surface area contributed by atoms with E-state index in [-0.39, 0.29) is 23.7 Å². The van der Waals surface area contributed by atoms with Gasteiger partial charge in [-0.15, -0.1) is 23.7 Å². The van der Waals surface area contributed by atoms with Gasteiger partial charge in [0.2, 0.25) is 5.91 Å². The van der Waals surface area contributed by atoms with Crippen LogP contribution in [0.4, 0.5) is 0 Å². The molecule has 2 N–H and O–H groups in total. The second-order valence-electron chi connectivity index (χ2n) is 5.96. The highest BCUT2D eigenvalue weighted by Gasteiger charge is 2.32. The van der Waals surface area contributed by atoms with E-state index in [0.29, 0.717) is 19.6 Å². The Morgan fingerprint density at radius 3 is 3.00 bits per heavy atom. The molecule has 1 saturated heterocycles. The number of hydrogen-bond donors (Lipinski definition) is 2. The normalized spacial score (nSPS) is 16.9. The van der Waals surface area contributed by atoms with Gasteiger partial charge < -0.3 is 15.4 Å². The molecular weight excluding hydrogens is 336 g/mol. The summed E-state index contributed by atoms with van der Waals surface area (Å²) in [7, 11) is 1.73. The average Bonchev–Trinajstić information content (AvgIpc) is 3.08. The van der Waals surface area contributed by atoms with E-state index in [2.05, 4.69) is 15.6 Å². The zero-order chi connectivity index (χ0) is 15.4. The number of aromatic nitrogens is 2. The van der Waals surface area contributed by atoms with Crippen LogP contribution in [0.25, 0.3) is 4.96 Å². The largest absolute Gasteiger partial charge is 0.384 e. The van der Waals surface area contributed by atoms with E-state index in [0.717, 1.165) is 36.6 Å². The quantitative estimate of drug-likeness (QED) is 0.821. The number of rotatable bonds is 6. The monoisotopic (exact) mass is 358 g/mol. The highest BCUT2D eigenvalue weighted by molar-refractivity contribution is 7.15. The van der Waals surface area contributed by atoms with Crippen molar-refractivity contribution in [2.75, 3.05) is 33.4 Å². The lowest BCUT2D eigenvalue weighted by Crippen LogP contribution is -2.47. The molecule has 128 valence electrons. The number of hydrogen-bond acceptors (Lipinski definition) is 5. The van der Waals surface area contributed by atoms with Crippen LogP contribution >= 0.6 is 23.7 Å². The van der Waals surface area contributed by atoms with Gasteiger partial charge in [-0.05, 0) is 25.9 Å².